The predicted octanol–water partition coefficient (Wildman–Crippen LogP) is 2.47. The monoisotopic (exact) mass is 267 g/mol. The molecule has 0 amide bonds. The molecule has 3 atom stereocenters. The molecule has 0 radical (unpaired) electrons. The average molecular weight is 267 g/mol. The molecule has 2 N–H and O–H groups in total. The van der Waals surface area contributed by atoms with Crippen LogP contribution < -0.4 is 5.32 Å². The Hall–Kier alpha value is -0.120. The van der Waals surface area contributed by atoms with Crippen molar-refractivity contribution in [1.82, 2.24) is 5.32 Å². The van der Waals surface area contributed by atoms with Crippen LogP contribution in [0, 0.1) is 11.3 Å². The van der Waals surface area contributed by atoms with Crippen molar-refractivity contribution in [3.63, 3.8) is 0 Å². The second-order valence-corrected chi connectivity index (χ2v) is 6.80. The van der Waals surface area contributed by atoms with Gasteiger partial charge in [0.2, 0.25) is 0 Å². The largest absolute Gasteiger partial charge is 0.396 e. The maximum absolute atomic E-state index is 9.25. The molecule has 0 aromatic rings. The van der Waals surface area contributed by atoms with Crippen molar-refractivity contribution >= 4 is 0 Å². The molecule has 0 aromatic heterocycles. The highest BCUT2D eigenvalue weighted by molar-refractivity contribution is 5.11. The van der Waals surface area contributed by atoms with Gasteiger partial charge in [-0.3, -0.25) is 0 Å². The first kappa shape index (κ1) is 13.8. The molecule has 3 nitrogen and oxygen atoms in total. The van der Waals surface area contributed by atoms with E-state index in [2.05, 4.69) is 12.2 Å². The van der Waals surface area contributed by atoms with E-state index < -0.39 is 0 Å². The molecule has 0 aromatic carbocycles. The van der Waals surface area contributed by atoms with Gasteiger partial charge in [-0.25, -0.2) is 0 Å². The van der Waals surface area contributed by atoms with E-state index in [-0.39, 0.29) is 0 Å². The van der Waals surface area contributed by atoms with Crippen LogP contribution in [0.2, 0.25) is 0 Å². The maximum Gasteiger partial charge on any atom is 0.0661 e. The second kappa shape index (κ2) is 5.71. The first-order valence-corrected chi connectivity index (χ1v) is 8.28. The van der Waals surface area contributed by atoms with E-state index in [1.54, 1.807) is 0 Å². The van der Waals surface area contributed by atoms with Gasteiger partial charge in [-0.2, -0.15) is 0 Å². The number of nitrogens with one attached hydrogen (secondary N) is 1. The molecule has 3 aliphatic rings. The fourth-order valence-electron chi connectivity index (χ4n) is 4.47. The lowest BCUT2D eigenvalue weighted by molar-refractivity contribution is -0.133. The third kappa shape index (κ3) is 2.57. The average Bonchev–Trinajstić information content (AvgIpc) is 3.11. The summed E-state index contributed by atoms with van der Waals surface area (Å²) in [5.74, 6) is 0.830. The van der Waals surface area contributed by atoms with Crippen molar-refractivity contribution in [2.75, 3.05) is 13.2 Å². The lowest BCUT2D eigenvalue weighted by atomic mass is 9.60. The van der Waals surface area contributed by atoms with Crippen LogP contribution in [0.5, 0.6) is 0 Å². The molecule has 0 heterocycles. The van der Waals surface area contributed by atoms with Gasteiger partial charge in [-0.15, -0.1) is 0 Å². The lowest BCUT2D eigenvalue weighted by Gasteiger charge is -2.55. The molecule has 3 saturated carbocycles. The minimum Gasteiger partial charge on any atom is -0.396 e. The Morgan fingerprint density at radius 2 is 2.05 bits per heavy atom. The third-order valence-electron chi connectivity index (χ3n) is 5.73. The van der Waals surface area contributed by atoms with Gasteiger partial charge in [0.25, 0.3) is 0 Å². The fraction of sp³-hybridized carbons (Fsp3) is 1.00. The van der Waals surface area contributed by atoms with Crippen molar-refractivity contribution in [1.29, 1.82) is 0 Å². The summed E-state index contributed by atoms with van der Waals surface area (Å²) in [4.78, 5) is 0. The van der Waals surface area contributed by atoms with Crippen LogP contribution in [0.4, 0.5) is 0 Å². The topological polar surface area (TPSA) is 41.5 Å². The van der Waals surface area contributed by atoms with Crippen LogP contribution in [-0.2, 0) is 4.74 Å². The van der Waals surface area contributed by atoms with E-state index in [1.165, 1.54) is 44.9 Å². The molecule has 110 valence electrons. The zero-order chi connectivity index (χ0) is 13.3. The number of hydrogen-bond donors (Lipinski definition) is 2. The summed E-state index contributed by atoms with van der Waals surface area (Å²) in [7, 11) is 0. The van der Waals surface area contributed by atoms with Crippen molar-refractivity contribution in [2.45, 2.75) is 76.5 Å². The summed E-state index contributed by atoms with van der Waals surface area (Å²) in [6.45, 7) is 3.28. The molecule has 1 spiro atoms. The summed E-state index contributed by atoms with van der Waals surface area (Å²) in [5, 5.41) is 13.1. The molecule has 3 heteroatoms. The highest BCUT2D eigenvalue weighted by atomic mass is 16.5. The first-order valence-electron chi connectivity index (χ1n) is 8.28. The summed E-state index contributed by atoms with van der Waals surface area (Å²) < 4.78 is 5.97. The summed E-state index contributed by atoms with van der Waals surface area (Å²) in [5.41, 5.74) is 0.429. The Labute approximate surface area is 117 Å². The highest BCUT2D eigenvalue weighted by Crippen LogP contribution is 2.55. The van der Waals surface area contributed by atoms with Gasteiger partial charge in [0, 0.05) is 30.7 Å². The van der Waals surface area contributed by atoms with Gasteiger partial charge < -0.3 is 15.2 Å². The predicted molar refractivity (Wildman–Crippen MR) is 76.1 cm³/mol. The van der Waals surface area contributed by atoms with Crippen LogP contribution >= 0.6 is 0 Å². The van der Waals surface area contributed by atoms with Crippen molar-refractivity contribution < 1.29 is 9.84 Å². The fourth-order valence-corrected chi connectivity index (χ4v) is 4.47. The Balaban J connectivity index is 1.61. The van der Waals surface area contributed by atoms with Gasteiger partial charge in [-0.05, 0) is 51.4 Å². The van der Waals surface area contributed by atoms with Gasteiger partial charge in [0.1, 0.15) is 0 Å². The zero-order valence-corrected chi connectivity index (χ0v) is 12.2. The summed E-state index contributed by atoms with van der Waals surface area (Å²) in [6.07, 6.45) is 10.7. The molecule has 3 rings (SSSR count). The summed E-state index contributed by atoms with van der Waals surface area (Å²) in [6, 6.07) is 1.19. The van der Waals surface area contributed by atoms with Gasteiger partial charge in [-0.1, -0.05) is 12.8 Å². The molecule has 0 saturated heterocycles. The van der Waals surface area contributed by atoms with Gasteiger partial charge >= 0.3 is 0 Å². The highest BCUT2D eigenvalue weighted by Gasteiger charge is 2.57. The van der Waals surface area contributed by atoms with E-state index >= 15 is 0 Å². The molecule has 3 unspecified atom stereocenters. The van der Waals surface area contributed by atoms with E-state index in [9.17, 15) is 5.11 Å². The Bertz CT molecular complexity index is 297. The lowest BCUT2D eigenvalue weighted by Crippen LogP contribution is -2.64. The van der Waals surface area contributed by atoms with E-state index in [4.69, 9.17) is 4.74 Å². The molecule has 0 aliphatic heterocycles. The number of aliphatic hydroxyl groups is 1. The molecular formula is C16H29NO2. The minimum absolute atomic E-state index is 0.322. The quantitative estimate of drug-likeness (QED) is 0.744. The van der Waals surface area contributed by atoms with Crippen LogP contribution in [-0.4, -0.2) is 36.5 Å². The second-order valence-electron chi connectivity index (χ2n) is 6.80. The standard InChI is InChI=1S/C16H29NO2/c1-2-19-15-11-14(16(15)8-3-4-9-16)17-13(7-10-18)12-5-6-12/h12-15,17-18H,2-11H2,1H3. The van der Waals surface area contributed by atoms with Crippen LogP contribution in [0.3, 0.4) is 0 Å². The molecule has 0 bridgehead atoms. The van der Waals surface area contributed by atoms with E-state index in [0.717, 1.165) is 18.9 Å². The zero-order valence-electron chi connectivity index (χ0n) is 12.2. The Morgan fingerprint density at radius 1 is 1.32 bits per heavy atom. The van der Waals surface area contributed by atoms with Gasteiger partial charge in [0.05, 0.1) is 6.10 Å². The number of rotatable bonds is 7. The van der Waals surface area contributed by atoms with E-state index in [1.807, 2.05) is 0 Å². The SMILES string of the molecule is CCOC1CC(NC(CCO)C2CC2)C12CCCC2. The Kier molecular flexibility index (Phi) is 4.16. The third-order valence-corrected chi connectivity index (χ3v) is 5.73. The van der Waals surface area contributed by atoms with Crippen LogP contribution in [0.15, 0.2) is 0 Å². The van der Waals surface area contributed by atoms with Crippen LogP contribution in [0.25, 0.3) is 0 Å². The number of aliphatic hydroxyl groups excluding tert-OH is 1. The van der Waals surface area contributed by atoms with Crippen molar-refractivity contribution in [3.05, 3.63) is 0 Å². The Morgan fingerprint density at radius 3 is 2.63 bits per heavy atom. The first-order chi connectivity index (χ1) is 9.30. The van der Waals surface area contributed by atoms with Crippen molar-refractivity contribution in [2.24, 2.45) is 11.3 Å². The minimum atomic E-state index is 0.322. The maximum atomic E-state index is 9.25. The van der Waals surface area contributed by atoms with Crippen LogP contribution in [0.1, 0.15) is 58.3 Å². The molecule has 19 heavy (non-hydrogen) atoms. The van der Waals surface area contributed by atoms with E-state index in [0.29, 0.717) is 30.2 Å². The molecular weight excluding hydrogens is 238 g/mol. The van der Waals surface area contributed by atoms with Gasteiger partial charge in [0.15, 0.2) is 0 Å². The van der Waals surface area contributed by atoms with Crippen molar-refractivity contribution in [3.8, 4) is 0 Å². The smallest absolute Gasteiger partial charge is 0.0661 e. The normalized spacial score (nSPS) is 34.4. The number of ether oxygens (including phenoxy) is 1. The number of hydrogen-bond acceptors (Lipinski definition) is 3. The molecule has 3 fully saturated rings. The summed E-state index contributed by atoms with van der Waals surface area (Å²) >= 11 is 0. The molecule has 3 aliphatic carbocycles.